The number of aromatic nitrogens is 1. The van der Waals surface area contributed by atoms with Crippen molar-refractivity contribution in [3.05, 3.63) is 41.5 Å². The van der Waals surface area contributed by atoms with Gasteiger partial charge in [-0.25, -0.2) is 4.98 Å². The van der Waals surface area contributed by atoms with E-state index in [2.05, 4.69) is 20.9 Å². The fourth-order valence-electron chi connectivity index (χ4n) is 4.12. The van der Waals surface area contributed by atoms with Gasteiger partial charge in [0.1, 0.15) is 17.2 Å². The van der Waals surface area contributed by atoms with Crippen LogP contribution in [-0.2, 0) is 0 Å². The van der Waals surface area contributed by atoms with E-state index in [4.69, 9.17) is 10.7 Å². The van der Waals surface area contributed by atoms with E-state index in [1.165, 1.54) is 13.3 Å². The molecule has 2 aliphatic rings. The normalized spacial score (nSPS) is 16.5. The van der Waals surface area contributed by atoms with Crippen molar-refractivity contribution in [2.24, 2.45) is 11.7 Å². The molecule has 0 radical (unpaired) electrons. The molecule has 1 saturated carbocycles. The molecule has 164 valence electrons. The van der Waals surface area contributed by atoms with Crippen LogP contribution in [0, 0.1) is 5.92 Å². The Kier molecular flexibility index (Phi) is 6.36. The first-order valence-corrected chi connectivity index (χ1v) is 10.9. The molecule has 1 aromatic carbocycles. The highest BCUT2D eigenvalue weighted by Gasteiger charge is 2.29. The number of para-hydroxylation sites is 1. The van der Waals surface area contributed by atoms with Crippen molar-refractivity contribution in [3.8, 4) is 0 Å². The zero-order valence-electron chi connectivity index (χ0n) is 17.9. The van der Waals surface area contributed by atoms with Gasteiger partial charge in [-0.15, -0.1) is 0 Å². The summed E-state index contributed by atoms with van der Waals surface area (Å²) in [5.74, 6) is 0.756. The van der Waals surface area contributed by atoms with Crippen LogP contribution in [0.25, 0.3) is 0 Å². The highest BCUT2D eigenvalue weighted by Crippen LogP contribution is 2.37. The van der Waals surface area contributed by atoms with Crippen LogP contribution >= 0.6 is 0 Å². The Morgan fingerprint density at radius 3 is 2.45 bits per heavy atom. The molecule has 31 heavy (non-hydrogen) atoms. The van der Waals surface area contributed by atoms with Crippen molar-refractivity contribution in [1.82, 2.24) is 10.3 Å². The number of piperazine rings is 1. The summed E-state index contributed by atoms with van der Waals surface area (Å²) in [6.07, 6.45) is 3.52. The summed E-state index contributed by atoms with van der Waals surface area (Å²) in [6, 6.07) is 9.53. The molecule has 8 nitrogen and oxygen atoms in total. The van der Waals surface area contributed by atoms with E-state index in [-0.39, 0.29) is 11.3 Å². The molecule has 2 heterocycles. The van der Waals surface area contributed by atoms with E-state index in [1.807, 2.05) is 30.3 Å². The monoisotopic (exact) mass is 422 g/mol. The average Bonchev–Trinajstić information content (AvgIpc) is 2.73. The Labute approximate surface area is 182 Å². The Morgan fingerprint density at radius 2 is 1.87 bits per heavy atom. The number of primary amides is 1. The number of hydrogen-bond donors (Lipinski definition) is 4. The molecule has 1 saturated heterocycles. The van der Waals surface area contributed by atoms with Gasteiger partial charge >= 0.3 is 0 Å². The first-order valence-electron chi connectivity index (χ1n) is 10.9. The fourth-order valence-corrected chi connectivity index (χ4v) is 4.12. The molecule has 4 rings (SSSR count). The maximum absolute atomic E-state index is 12.8. The van der Waals surface area contributed by atoms with Crippen LogP contribution in [0.1, 0.15) is 46.9 Å². The predicted molar refractivity (Wildman–Crippen MR) is 123 cm³/mol. The quantitative estimate of drug-likeness (QED) is 0.484. The van der Waals surface area contributed by atoms with Gasteiger partial charge in [-0.2, -0.15) is 0 Å². The van der Waals surface area contributed by atoms with Crippen LogP contribution in [0.4, 0.5) is 23.0 Å². The number of rotatable bonds is 8. The number of anilines is 4. The Morgan fingerprint density at radius 1 is 1.16 bits per heavy atom. The second kappa shape index (κ2) is 9.34. The van der Waals surface area contributed by atoms with E-state index in [0.717, 1.165) is 44.7 Å². The number of benzene rings is 1. The van der Waals surface area contributed by atoms with Gasteiger partial charge in [-0.3, -0.25) is 9.59 Å². The molecule has 5 N–H and O–H groups in total. The lowest BCUT2D eigenvalue weighted by atomic mass is 9.85. The van der Waals surface area contributed by atoms with E-state index in [1.54, 1.807) is 0 Å². The van der Waals surface area contributed by atoms with Gasteiger partial charge in [0, 0.05) is 38.4 Å². The average molecular weight is 423 g/mol. The van der Waals surface area contributed by atoms with Crippen LogP contribution in [0.3, 0.4) is 0 Å². The zero-order valence-corrected chi connectivity index (χ0v) is 17.9. The molecule has 1 aromatic heterocycles. The number of nitrogens with zero attached hydrogens (tertiary/aromatic N) is 2. The molecule has 2 fully saturated rings. The number of Topliss-reactive ketones (excluding diaryl/α,β-unsaturated/α-hetero) is 1. The summed E-state index contributed by atoms with van der Waals surface area (Å²) in [4.78, 5) is 32.3. The number of ketones is 1. The molecule has 1 aliphatic carbocycles. The summed E-state index contributed by atoms with van der Waals surface area (Å²) in [5, 5.41) is 9.99. The number of carbonyl (C=O) groups is 2. The molecule has 0 spiro atoms. The third-order valence-corrected chi connectivity index (χ3v) is 6.02. The molecule has 1 aliphatic heterocycles. The first kappa shape index (κ1) is 21.1. The minimum atomic E-state index is -0.614. The molecular weight excluding hydrogens is 392 g/mol. The second-order valence-corrected chi connectivity index (χ2v) is 8.24. The van der Waals surface area contributed by atoms with Gasteiger partial charge in [0.15, 0.2) is 5.78 Å². The van der Waals surface area contributed by atoms with Gasteiger partial charge in [-0.05, 0) is 37.8 Å². The van der Waals surface area contributed by atoms with Crippen LogP contribution in [0.5, 0.6) is 0 Å². The van der Waals surface area contributed by atoms with Gasteiger partial charge in [0.05, 0.1) is 11.3 Å². The topological polar surface area (TPSA) is 112 Å². The number of nitrogens with one attached hydrogen (secondary N) is 3. The van der Waals surface area contributed by atoms with Crippen LogP contribution in [-0.4, -0.2) is 49.4 Å². The van der Waals surface area contributed by atoms with Gasteiger partial charge in [-0.1, -0.05) is 24.6 Å². The predicted octanol–water partition coefficient (Wildman–Crippen LogP) is 2.75. The molecule has 0 atom stereocenters. The van der Waals surface area contributed by atoms with Crippen LogP contribution in [0.2, 0.25) is 0 Å². The standard InChI is InChI=1S/C23H30N6O2/c1-15(30)18-20(26-14-16-6-5-7-16)19(21(24)31)22(27-17-8-3-2-4-9-17)28-23(18)29-12-10-25-11-13-29/h2-4,8-9,16,25H,5-7,10-14H2,1H3,(H2,24,31)(H2,26,27,28). The largest absolute Gasteiger partial charge is 0.383 e. The van der Waals surface area contributed by atoms with Crippen molar-refractivity contribution in [2.45, 2.75) is 26.2 Å². The Balaban J connectivity index is 1.85. The minimum absolute atomic E-state index is 0.133. The lowest BCUT2D eigenvalue weighted by molar-refractivity contribution is 0.100. The van der Waals surface area contributed by atoms with Crippen molar-refractivity contribution >= 4 is 34.7 Å². The number of carbonyl (C=O) groups excluding carboxylic acids is 2. The second-order valence-electron chi connectivity index (χ2n) is 8.24. The van der Waals surface area contributed by atoms with Crippen molar-refractivity contribution in [3.63, 3.8) is 0 Å². The summed E-state index contributed by atoms with van der Waals surface area (Å²) in [7, 11) is 0. The lowest BCUT2D eigenvalue weighted by Crippen LogP contribution is -2.44. The number of amides is 1. The first-order chi connectivity index (χ1) is 15.0. The Bertz CT molecular complexity index is 952. The summed E-state index contributed by atoms with van der Waals surface area (Å²) in [6.45, 7) is 5.31. The lowest BCUT2D eigenvalue weighted by Gasteiger charge is -2.32. The van der Waals surface area contributed by atoms with Gasteiger partial charge in [0.25, 0.3) is 5.91 Å². The third kappa shape index (κ3) is 4.64. The molecule has 0 bridgehead atoms. The number of hydrogen-bond acceptors (Lipinski definition) is 7. The highest BCUT2D eigenvalue weighted by atomic mass is 16.1. The van der Waals surface area contributed by atoms with E-state index in [9.17, 15) is 9.59 Å². The number of nitrogens with two attached hydrogens (primary N) is 1. The highest BCUT2D eigenvalue weighted by molar-refractivity contribution is 6.13. The minimum Gasteiger partial charge on any atom is -0.383 e. The van der Waals surface area contributed by atoms with Crippen LogP contribution < -0.4 is 26.6 Å². The van der Waals surface area contributed by atoms with Gasteiger partial charge in [0.2, 0.25) is 0 Å². The van der Waals surface area contributed by atoms with Crippen molar-refractivity contribution in [1.29, 1.82) is 0 Å². The number of pyridine rings is 1. The molecule has 2 aromatic rings. The maximum Gasteiger partial charge on any atom is 0.254 e. The fraction of sp³-hybridized carbons (Fsp3) is 0.435. The zero-order chi connectivity index (χ0) is 21.8. The van der Waals surface area contributed by atoms with Gasteiger partial charge < -0.3 is 26.6 Å². The van der Waals surface area contributed by atoms with Crippen molar-refractivity contribution < 1.29 is 9.59 Å². The van der Waals surface area contributed by atoms with E-state index in [0.29, 0.717) is 35.3 Å². The molecule has 8 heteroatoms. The molecule has 0 unspecified atom stereocenters. The maximum atomic E-state index is 12.8. The summed E-state index contributed by atoms with van der Waals surface area (Å²) < 4.78 is 0. The molecule has 1 amide bonds. The van der Waals surface area contributed by atoms with Crippen molar-refractivity contribution in [2.75, 3.05) is 48.3 Å². The SMILES string of the molecule is CC(=O)c1c(N2CCNCC2)nc(Nc2ccccc2)c(C(N)=O)c1NCC1CCC1. The summed E-state index contributed by atoms with van der Waals surface area (Å²) >= 11 is 0. The van der Waals surface area contributed by atoms with E-state index < -0.39 is 5.91 Å². The third-order valence-electron chi connectivity index (χ3n) is 6.02. The van der Waals surface area contributed by atoms with Crippen LogP contribution in [0.15, 0.2) is 30.3 Å². The Hall–Kier alpha value is -3.13. The summed E-state index contributed by atoms with van der Waals surface area (Å²) in [5.41, 5.74) is 7.78. The molecular formula is C23H30N6O2. The smallest absolute Gasteiger partial charge is 0.254 e. The van der Waals surface area contributed by atoms with E-state index >= 15 is 0 Å².